The topological polar surface area (TPSA) is 66.9 Å². The highest BCUT2D eigenvalue weighted by Crippen LogP contribution is 2.40. The van der Waals surface area contributed by atoms with E-state index in [0.29, 0.717) is 6.54 Å². The summed E-state index contributed by atoms with van der Waals surface area (Å²) in [5, 5.41) is 4.05. The van der Waals surface area contributed by atoms with Crippen LogP contribution in [-0.4, -0.2) is 75.0 Å². The molecule has 1 saturated heterocycles. The summed E-state index contributed by atoms with van der Waals surface area (Å²) in [4.78, 5) is 23.2. The van der Waals surface area contributed by atoms with Crippen LogP contribution < -0.4 is 19.7 Å². The van der Waals surface area contributed by atoms with Gasteiger partial charge in [0.1, 0.15) is 21.7 Å². The first kappa shape index (κ1) is 23.7. The van der Waals surface area contributed by atoms with Crippen LogP contribution in [0.1, 0.15) is 17.3 Å². The van der Waals surface area contributed by atoms with Gasteiger partial charge in [-0.2, -0.15) is 0 Å². The number of nitrogens with zero attached hydrogens (tertiary/aromatic N) is 3. The van der Waals surface area contributed by atoms with Crippen LogP contribution in [0.3, 0.4) is 0 Å². The van der Waals surface area contributed by atoms with Crippen molar-refractivity contribution in [2.75, 3.05) is 64.1 Å². The van der Waals surface area contributed by atoms with E-state index in [4.69, 9.17) is 14.5 Å². The third-order valence-electron chi connectivity index (χ3n) is 5.66. The fraction of sp³-hybridized carbons (Fsp3) is 0.417. The van der Waals surface area contributed by atoms with Crippen LogP contribution in [0.15, 0.2) is 41.3 Å². The number of nitrogens with one attached hydrogen (secondary N) is 1. The Morgan fingerprint density at radius 3 is 2.61 bits per heavy atom. The van der Waals surface area contributed by atoms with E-state index in [2.05, 4.69) is 22.0 Å². The molecule has 1 aliphatic heterocycles. The minimum absolute atomic E-state index is 0.00967. The van der Waals surface area contributed by atoms with E-state index in [-0.39, 0.29) is 5.91 Å². The summed E-state index contributed by atoms with van der Waals surface area (Å²) in [6, 6.07) is 11.6. The SMILES string of the molecule is CCSc1cccc(C(=O)NCCN2CCN(c3nc4c(OC)ccc(OC)c4s3)CC2)c1. The Hall–Kier alpha value is -2.49. The van der Waals surface area contributed by atoms with Gasteiger partial charge in [-0.3, -0.25) is 9.69 Å². The van der Waals surface area contributed by atoms with E-state index in [1.54, 1.807) is 37.3 Å². The van der Waals surface area contributed by atoms with Gasteiger partial charge in [0.15, 0.2) is 5.13 Å². The normalized spacial score (nSPS) is 14.5. The molecule has 4 rings (SSSR count). The van der Waals surface area contributed by atoms with E-state index < -0.39 is 0 Å². The quantitative estimate of drug-likeness (QED) is 0.459. The van der Waals surface area contributed by atoms with E-state index in [1.807, 2.05) is 36.4 Å². The Morgan fingerprint density at radius 2 is 1.88 bits per heavy atom. The number of thiazole rings is 1. The molecule has 0 unspecified atom stereocenters. The average molecular weight is 487 g/mol. The summed E-state index contributed by atoms with van der Waals surface area (Å²) in [6.45, 7) is 7.25. The lowest BCUT2D eigenvalue weighted by Crippen LogP contribution is -2.48. The van der Waals surface area contributed by atoms with Gasteiger partial charge in [0.25, 0.3) is 5.91 Å². The number of ether oxygens (including phenoxy) is 2. The van der Waals surface area contributed by atoms with Crippen LogP contribution in [0.25, 0.3) is 10.2 Å². The van der Waals surface area contributed by atoms with Crippen molar-refractivity contribution in [1.29, 1.82) is 0 Å². The number of aromatic nitrogens is 1. The number of fused-ring (bicyclic) bond motifs is 1. The van der Waals surface area contributed by atoms with Crippen molar-refractivity contribution in [3.05, 3.63) is 42.0 Å². The maximum Gasteiger partial charge on any atom is 0.251 e. The summed E-state index contributed by atoms with van der Waals surface area (Å²) < 4.78 is 12.0. The summed E-state index contributed by atoms with van der Waals surface area (Å²) in [5.74, 6) is 2.57. The first-order chi connectivity index (χ1) is 16.1. The van der Waals surface area contributed by atoms with Crippen molar-refractivity contribution in [1.82, 2.24) is 15.2 Å². The summed E-state index contributed by atoms with van der Waals surface area (Å²) in [6.07, 6.45) is 0. The number of anilines is 1. The number of piperazine rings is 1. The minimum Gasteiger partial charge on any atom is -0.495 e. The molecule has 1 aliphatic rings. The summed E-state index contributed by atoms with van der Waals surface area (Å²) in [7, 11) is 3.34. The molecule has 7 nitrogen and oxygen atoms in total. The number of rotatable bonds is 9. The van der Waals surface area contributed by atoms with Crippen LogP contribution in [-0.2, 0) is 0 Å². The Kier molecular flexibility index (Phi) is 7.95. The first-order valence-electron chi connectivity index (χ1n) is 11.1. The van der Waals surface area contributed by atoms with Crippen LogP contribution >= 0.6 is 23.1 Å². The van der Waals surface area contributed by atoms with Gasteiger partial charge in [-0.1, -0.05) is 24.3 Å². The number of carbonyl (C=O) groups is 1. The lowest BCUT2D eigenvalue weighted by atomic mass is 10.2. The van der Waals surface area contributed by atoms with E-state index in [0.717, 1.165) is 75.8 Å². The molecule has 1 aromatic heterocycles. The predicted molar refractivity (Wildman–Crippen MR) is 137 cm³/mol. The highest BCUT2D eigenvalue weighted by molar-refractivity contribution is 7.99. The van der Waals surface area contributed by atoms with Crippen molar-refractivity contribution in [2.24, 2.45) is 0 Å². The molecule has 0 saturated carbocycles. The van der Waals surface area contributed by atoms with Crippen molar-refractivity contribution >= 4 is 44.4 Å². The maximum atomic E-state index is 12.5. The molecule has 0 spiro atoms. The highest BCUT2D eigenvalue weighted by Gasteiger charge is 2.22. The van der Waals surface area contributed by atoms with Gasteiger partial charge in [-0.15, -0.1) is 11.8 Å². The lowest BCUT2D eigenvalue weighted by molar-refractivity contribution is 0.0947. The molecule has 0 bridgehead atoms. The number of amides is 1. The Bertz CT molecular complexity index is 1060. The fourth-order valence-corrected chi connectivity index (χ4v) is 5.74. The number of benzene rings is 2. The molecule has 2 aromatic carbocycles. The largest absolute Gasteiger partial charge is 0.495 e. The second kappa shape index (κ2) is 11.1. The molecule has 0 aliphatic carbocycles. The number of methoxy groups -OCH3 is 2. The maximum absolute atomic E-state index is 12.5. The van der Waals surface area contributed by atoms with E-state index in [1.165, 1.54) is 0 Å². The van der Waals surface area contributed by atoms with Gasteiger partial charge in [0.2, 0.25) is 0 Å². The first-order valence-corrected chi connectivity index (χ1v) is 12.9. The van der Waals surface area contributed by atoms with Gasteiger partial charge < -0.3 is 19.7 Å². The second-order valence-corrected chi connectivity index (χ2v) is 10.0. The van der Waals surface area contributed by atoms with Crippen molar-refractivity contribution < 1.29 is 14.3 Å². The fourth-order valence-electron chi connectivity index (χ4n) is 3.90. The van der Waals surface area contributed by atoms with Gasteiger partial charge >= 0.3 is 0 Å². The molecular weight excluding hydrogens is 456 g/mol. The molecule has 1 amide bonds. The summed E-state index contributed by atoms with van der Waals surface area (Å²) in [5.41, 5.74) is 1.57. The molecule has 2 heterocycles. The van der Waals surface area contributed by atoms with Gasteiger partial charge in [0.05, 0.1) is 14.2 Å². The van der Waals surface area contributed by atoms with E-state index >= 15 is 0 Å². The Morgan fingerprint density at radius 1 is 1.12 bits per heavy atom. The smallest absolute Gasteiger partial charge is 0.251 e. The molecule has 0 radical (unpaired) electrons. The van der Waals surface area contributed by atoms with E-state index in [9.17, 15) is 4.79 Å². The van der Waals surface area contributed by atoms with Gasteiger partial charge in [-0.05, 0) is 36.1 Å². The molecule has 1 N–H and O–H groups in total. The van der Waals surface area contributed by atoms with Gasteiger partial charge in [-0.25, -0.2) is 4.98 Å². The summed E-state index contributed by atoms with van der Waals surface area (Å²) >= 11 is 3.39. The minimum atomic E-state index is -0.00967. The zero-order valence-corrected chi connectivity index (χ0v) is 20.9. The Balaban J connectivity index is 1.29. The zero-order valence-electron chi connectivity index (χ0n) is 19.3. The monoisotopic (exact) mass is 486 g/mol. The lowest BCUT2D eigenvalue weighted by Gasteiger charge is -2.34. The number of hydrogen-bond acceptors (Lipinski definition) is 8. The standard InChI is InChI=1S/C24H30N4O3S2/c1-4-32-18-7-5-6-17(16-18)23(29)25-10-11-27-12-14-28(15-13-27)24-26-21-19(30-2)8-9-20(31-3)22(21)33-24/h5-9,16H,4,10-15H2,1-3H3,(H,25,29). The number of thioether (sulfide) groups is 1. The molecule has 3 aromatic rings. The third-order valence-corrected chi connectivity index (χ3v) is 7.67. The highest BCUT2D eigenvalue weighted by atomic mass is 32.2. The van der Waals surface area contributed by atoms with Crippen molar-refractivity contribution in [3.63, 3.8) is 0 Å². The van der Waals surface area contributed by atoms with Gasteiger partial charge in [0, 0.05) is 49.7 Å². The van der Waals surface area contributed by atoms with Crippen molar-refractivity contribution in [2.45, 2.75) is 11.8 Å². The molecule has 176 valence electrons. The molecular formula is C24H30N4O3S2. The molecule has 0 atom stereocenters. The van der Waals surface area contributed by atoms with Crippen LogP contribution in [0.4, 0.5) is 5.13 Å². The molecule has 33 heavy (non-hydrogen) atoms. The molecule has 9 heteroatoms. The second-order valence-electron chi connectivity index (χ2n) is 7.69. The molecule has 1 fully saturated rings. The predicted octanol–water partition coefficient (Wildman–Crippen LogP) is 3.98. The number of carbonyl (C=O) groups excluding carboxylic acids is 1. The number of hydrogen-bond donors (Lipinski definition) is 1. The zero-order chi connectivity index (χ0) is 23.2. The Labute approximate surface area is 203 Å². The van der Waals surface area contributed by atoms with Crippen LogP contribution in [0, 0.1) is 0 Å². The van der Waals surface area contributed by atoms with Crippen molar-refractivity contribution in [3.8, 4) is 11.5 Å². The van der Waals surface area contributed by atoms with Crippen LogP contribution in [0.2, 0.25) is 0 Å². The van der Waals surface area contributed by atoms with Crippen LogP contribution in [0.5, 0.6) is 11.5 Å². The third kappa shape index (κ3) is 5.54. The average Bonchev–Trinajstić information content (AvgIpc) is 3.30.